The first-order chi connectivity index (χ1) is 71.0. The second-order valence-electron chi connectivity index (χ2n) is 40.6. The lowest BCUT2D eigenvalue weighted by molar-refractivity contribution is -0.392. The highest BCUT2D eigenvalue weighted by Gasteiger charge is 2.61. The predicted molar refractivity (Wildman–Crippen MR) is 519 cm³/mol. The van der Waals surface area contributed by atoms with Gasteiger partial charge >= 0.3 is 0 Å². The largest absolute Gasteiger partial charge is 0.394 e. The van der Waals surface area contributed by atoms with E-state index in [2.05, 4.69) is 40.4 Å². The normalized spacial score (nSPS) is 37.2. The van der Waals surface area contributed by atoms with Crippen LogP contribution in [0.5, 0.6) is 0 Å². The summed E-state index contributed by atoms with van der Waals surface area (Å²) in [6, 6.07) is -8.19. The number of unbranched alkanes of at least 4 members (excludes halogenated alkanes) is 33. The van der Waals surface area contributed by atoms with Gasteiger partial charge in [-0.15, -0.1) is 0 Å². The number of carbonyl (C=O) groups excluding carboxylic acids is 5. The molecule has 0 aliphatic carbocycles. The summed E-state index contributed by atoms with van der Waals surface area (Å²) in [7, 11) is 0. The quantitative estimate of drug-likeness (QED) is 0.0209. The van der Waals surface area contributed by atoms with Crippen LogP contribution in [0, 0.1) is 0 Å². The van der Waals surface area contributed by atoms with Crippen molar-refractivity contribution in [2.75, 3.05) is 59.5 Å². The Bertz CT molecular complexity index is 3680. The summed E-state index contributed by atoms with van der Waals surface area (Å²) in [6.07, 6.45) is -30.3. The smallest absolute Gasteiger partial charge is 0.220 e. The fraction of sp³-hybridized carbons (Fsp3) is 0.930. The second-order valence-corrected chi connectivity index (χ2v) is 40.6. The van der Waals surface area contributed by atoms with Crippen LogP contribution in [-0.2, 0) is 99.8 Å². The number of nitrogens with one attached hydrogen (secondary N) is 5. The highest BCUT2D eigenvalue weighted by atomic mass is 16.8. The summed E-state index contributed by atoms with van der Waals surface area (Å²) in [5, 5.41) is 264. The van der Waals surface area contributed by atoms with Gasteiger partial charge in [0, 0.05) is 34.1 Å². The van der Waals surface area contributed by atoms with E-state index < -0.39 is 347 Å². The molecule has 148 heavy (non-hydrogen) atoms. The van der Waals surface area contributed by atoms with Crippen LogP contribution < -0.4 is 26.6 Å². The lowest BCUT2D eigenvalue weighted by Gasteiger charge is -2.51. The molecule has 8 aliphatic heterocycles. The van der Waals surface area contributed by atoms with E-state index in [4.69, 9.17) is 75.8 Å². The van der Waals surface area contributed by atoms with Gasteiger partial charge in [0.1, 0.15) is 195 Å². The molecule has 27 N–H and O–H groups in total. The number of rotatable bonds is 68. The molecule has 48 nitrogen and oxygen atoms in total. The Kier molecular flexibility index (Phi) is 59.4. The molecule has 0 bridgehead atoms. The average molecular weight is 2140 g/mol. The minimum atomic E-state index is -2.47. The van der Waals surface area contributed by atoms with Gasteiger partial charge in [0.05, 0.1) is 71.6 Å². The summed E-state index contributed by atoms with van der Waals surface area (Å²) in [6.45, 7) is -0.505. The van der Waals surface area contributed by atoms with Crippen molar-refractivity contribution >= 4 is 29.5 Å². The molecule has 0 aromatic heterocycles. The molecular formula is C100H179N5O43. The van der Waals surface area contributed by atoms with Gasteiger partial charge in [0.25, 0.3) is 0 Å². The number of hydrogen-bond acceptors (Lipinski definition) is 43. The molecular weight excluding hydrogens is 1960 g/mol. The molecule has 0 aromatic rings. The van der Waals surface area contributed by atoms with Crippen LogP contribution in [0.25, 0.3) is 0 Å². The first-order valence-electron chi connectivity index (χ1n) is 54.0. The van der Waals surface area contributed by atoms with E-state index in [-0.39, 0.29) is 6.42 Å². The van der Waals surface area contributed by atoms with Gasteiger partial charge in [-0.1, -0.05) is 231 Å². The fourth-order valence-corrected chi connectivity index (χ4v) is 20.2. The van der Waals surface area contributed by atoms with E-state index in [0.29, 0.717) is 12.8 Å². The first-order valence-corrected chi connectivity index (χ1v) is 54.0. The molecule has 0 spiro atoms. The second kappa shape index (κ2) is 68.3. The zero-order valence-corrected chi connectivity index (χ0v) is 86.6. The lowest BCUT2D eigenvalue weighted by atomic mass is 9.93. The molecule has 0 aromatic carbocycles. The molecule has 42 atom stereocenters. The molecule has 0 radical (unpaired) electrons. The average Bonchev–Trinajstić information content (AvgIpc) is 0.778. The Balaban J connectivity index is 1.00. The zero-order chi connectivity index (χ0) is 108. The van der Waals surface area contributed by atoms with Crippen LogP contribution in [-0.4, -0.2) is 459 Å². The van der Waals surface area contributed by atoms with Gasteiger partial charge in [-0.05, 0) is 19.3 Å². The van der Waals surface area contributed by atoms with Crippen LogP contribution in [0.4, 0.5) is 0 Å². The van der Waals surface area contributed by atoms with Gasteiger partial charge in [-0.2, -0.15) is 0 Å². The van der Waals surface area contributed by atoms with Crippen molar-refractivity contribution in [1.29, 1.82) is 0 Å². The number of ether oxygens (including phenoxy) is 16. The van der Waals surface area contributed by atoms with Crippen molar-refractivity contribution in [2.24, 2.45) is 0 Å². The third-order valence-electron chi connectivity index (χ3n) is 28.7. The standard InChI is InChI=1S/C100H179N5O43/c1-7-9-11-13-15-17-19-21-22-23-24-25-26-27-28-29-30-32-34-36-38-40-42-44-68(118)105-58(59(117)43-41-39-37-35-33-31-20-18-16-14-12-10-8-2)52-133-97-83(129)81(127)89(65(50-111)140-97)145-100-86(132)92(148-99-85(131)91(76(122)63(48-109)138-99)147-96-72(104-57(6)116)90(75(121)62(47-108)137-96)146-95-70(102-55(4)114)79(125)74(120)61(46-107)136-95)77(123)67(142-100)53-134-93-71(103-56(5)115)80(126)87(64(49-110)139-93)144-98-84(130)82(128)88(66(51-112)141-98)143-94-69(101-54(3)113)78(124)73(119)60(45-106)135-94/h41,43,58-67,69-100,106-112,117,119-132H,7-40,42,44-53H2,1-6H3,(H,101,113)(H,102,114)(H,103,115)(H,104,116)(H,105,118)/b43-41+/t58-,59+,60?,61?,62?,63?,64?,65?,66?,67?,69?,70?,71?,72?,73-,74-,75-,76-,77-,78+,79+,80+,81+,82+,83?,84?,85?,86?,87+,88-,89+,90+,91-,92-,93+,94-,95+,96-,97+,98-,99+,100-/m0/s1. The molecule has 8 saturated heterocycles. The Morgan fingerprint density at radius 2 is 0.547 bits per heavy atom. The van der Waals surface area contributed by atoms with Gasteiger partial charge in [0.2, 0.25) is 29.5 Å². The van der Waals surface area contributed by atoms with Crippen molar-refractivity contribution in [3.8, 4) is 0 Å². The van der Waals surface area contributed by atoms with E-state index in [1.807, 2.05) is 0 Å². The number of amides is 5. The maximum absolute atomic E-state index is 13.9. The van der Waals surface area contributed by atoms with Crippen LogP contribution in [0.3, 0.4) is 0 Å². The Morgan fingerprint density at radius 3 is 0.946 bits per heavy atom. The van der Waals surface area contributed by atoms with E-state index in [1.165, 1.54) is 154 Å². The van der Waals surface area contributed by atoms with Crippen molar-refractivity contribution < 1.29 is 212 Å². The Labute approximate surface area is 866 Å². The summed E-state index contributed by atoms with van der Waals surface area (Å²) in [5.74, 6) is -3.79. The summed E-state index contributed by atoms with van der Waals surface area (Å²) in [4.78, 5) is 65.1. The lowest BCUT2D eigenvalue weighted by Crippen LogP contribution is -2.71. The molecule has 16 unspecified atom stereocenters. The number of allylic oxidation sites excluding steroid dienone is 1. The zero-order valence-electron chi connectivity index (χ0n) is 86.6. The van der Waals surface area contributed by atoms with Crippen LogP contribution in [0.1, 0.15) is 273 Å². The number of aliphatic hydroxyl groups excluding tert-OH is 22. The number of aliphatic hydroxyl groups is 22. The maximum Gasteiger partial charge on any atom is 0.220 e. The third-order valence-corrected chi connectivity index (χ3v) is 28.7. The first kappa shape index (κ1) is 129. The van der Waals surface area contributed by atoms with Crippen LogP contribution in [0.2, 0.25) is 0 Å². The van der Waals surface area contributed by atoms with E-state index in [0.717, 1.165) is 91.9 Å². The van der Waals surface area contributed by atoms with Crippen molar-refractivity contribution in [2.45, 2.75) is 530 Å². The van der Waals surface area contributed by atoms with Crippen molar-refractivity contribution in [3.63, 3.8) is 0 Å². The summed E-state index contributed by atoms with van der Waals surface area (Å²) >= 11 is 0. The molecule has 5 amide bonds. The maximum atomic E-state index is 13.9. The highest BCUT2D eigenvalue weighted by Crippen LogP contribution is 2.40. The molecule has 8 fully saturated rings. The van der Waals surface area contributed by atoms with E-state index in [9.17, 15) is 136 Å². The topological polar surface area (TPSA) is 738 Å². The van der Waals surface area contributed by atoms with Crippen LogP contribution in [0.15, 0.2) is 12.2 Å². The minimum Gasteiger partial charge on any atom is -0.394 e. The van der Waals surface area contributed by atoms with Crippen molar-refractivity contribution in [1.82, 2.24) is 26.6 Å². The van der Waals surface area contributed by atoms with Gasteiger partial charge < -0.3 is 215 Å². The molecule has 862 valence electrons. The van der Waals surface area contributed by atoms with Crippen LogP contribution >= 0.6 is 0 Å². The van der Waals surface area contributed by atoms with Gasteiger partial charge in [0.15, 0.2) is 50.3 Å². The highest BCUT2D eigenvalue weighted by molar-refractivity contribution is 5.76. The molecule has 8 aliphatic rings. The molecule has 0 saturated carbocycles. The van der Waals surface area contributed by atoms with Gasteiger partial charge in [-0.25, -0.2) is 0 Å². The monoisotopic (exact) mass is 2140 g/mol. The van der Waals surface area contributed by atoms with E-state index >= 15 is 0 Å². The SMILES string of the molecule is CCCCCCCCCCCCC/C=C/[C@@H](O)[C@H](CO[C@@H]1OC(CO)[C@@H](O[C@@H]2OC(CO[C@@H]3OC(CO)[C@@H](O[C@@H]4OC(CO)[C@H](O[C@@H]5OC(CO)[C@H](O)[C@H](O)C5NC(C)=O)[C@H](O)C4O)[C@H](O)C3NC(C)=O)[C@H](O)[C@H](O[C@H]3OC(CO)[C@H](O)[C@H](O[C@@H]4OC(CO)[C@H](O)[C@H](O[C@H]5OC(CO)[C@H](O)[C@H](O)C5NC(C)=O)C4NC(C)=O)C3O)C2O)[C@H](O)C1O)NC(=O)CCCCCCCCCCCCCCCCCCCCCCCCC. The number of hydrogen-bond donors (Lipinski definition) is 27. The summed E-state index contributed by atoms with van der Waals surface area (Å²) < 4.78 is 96.8. The Morgan fingerprint density at radius 1 is 0.270 bits per heavy atom. The summed E-state index contributed by atoms with van der Waals surface area (Å²) in [5.41, 5.74) is 0. The van der Waals surface area contributed by atoms with Crippen molar-refractivity contribution in [3.05, 3.63) is 12.2 Å². The molecule has 8 heterocycles. The Hall–Kier alpha value is -4.43. The minimum absolute atomic E-state index is 0.101. The third kappa shape index (κ3) is 39.1. The molecule has 48 heteroatoms. The van der Waals surface area contributed by atoms with Gasteiger partial charge in [-0.3, -0.25) is 24.0 Å². The molecule has 8 rings (SSSR count). The predicted octanol–water partition coefficient (Wildman–Crippen LogP) is -3.37. The fourth-order valence-electron chi connectivity index (χ4n) is 20.2. The number of carbonyl (C=O) groups is 5. The van der Waals surface area contributed by atoms with E-state index in [1.54, 1.807) is 6.08 Å².